The monoisotopic (exact) mass is 278 g/mol. The molecular weight excluding hydrogens is 264 g/mol. The van der Waals surface area contributed by atoms with Crippen LogP contribution in [0.1, 0.15) is 22.3 Å². The highest BCUT2D eigenvalue weighted by Crippen LogP contribution is 2.36. The number of pyridine rings is 1. The summed E-state index contributed by atoms with van der Waals surface area (Å²) in [7, 11) is 0. The Morgan fingerprint density at radius 1 is 1.24 bits per heavy atom. The molecule has 0 saturated carbocycles. The Labute approximate surface area is 121 Å². The van der Waals surface area contributed by atoms with Crippen molar-refractivity contribution >= 4 is 33.3 Å². The van der Waals surface area contributed by atoms with Crippen LogP contribution < -0.4 is 5.32 Å². The molecule has 0 unspecified atom stereocenters. The van der Waals surface area contributed by atoms with Crippen molar-refractivity contribution in [2.45, 2.75) is 12.8 Å². The van der Waals surface area contributed by atoms with Gasteiger partial charge in [0.1, 0.15) is 0 Å². The van der Waals surface area contributed by atoms with Crippen molar-refractivity contribution in [1.29, 1.82) is 0 Å². The molecule has 0 saturated heterocycles. The second-order valence-electron chi connectivity index (χ2n) is 5.35. The molecule has 1 aliphatic heterocycles. The molecule has 3 aromatic rings. The quantitative estimate of drug-likeness (QED) is 0.669. The number of nitrogens with zero attached hydrogens (tertiary/aromatic N) is 1. The average Bonchev–Trinajstić information content (AvgIpc) is 2.53. The molecule has 0 fully saturated rings. The van der Waals surface area contributed by atoms with E-state index in [1.165, 1.54) is 0 Å². The van der Waals surface area contributed by atoms with E-state index in [1.54, 1.807) is 6.07 Å². The highest BCUT2D eigenvalue weighted by molar-refractivity contribution is 6.12. The SMILES string of the molecule is O=C(O)c1cc2c(ncc3ccccc32)c2c1CCCN2. The van der Waals surface area contributed by atoms with Crippen LogP contribution in [0.3, 0.4) is 0 Å². The number of hydrogen-bond donors (Lipinski definition) is 2. The zero-order valence-electron chi connectivity index (χ0n) is 11.4. The third-order valence-corrected chi connectivity index (χ3v) is 4.13. The largest absolute Gasteiger partial charge is 0.478 e. The molecule has 1 aromatic heterocycles. The number of rotatable bonds is 1. The number of carboxylic acid groups (broad SMARTS) is 1. The third kappa shape index (κ3) is 1.76. The second-order valence-corrected chi connectivity index (χ2v) is 5.35. The van der Waals surface area contributed by atoms with Crippen molar-refractivity contribution in [3.63, 3.8) is 0 Å². The van der Waals surface area contributed by atoms with E-state index in [4.69, 9.17) is 0 Å². The van der Waals surface area contributed by atoms with Crippen molar-refractivity contribution in [1.82, 2.24) is 4.98 Å². The smallest absolute Gasteiger partial charge is 0.336 e. The summed E-state index contributed by atoms with van der Waals surface area (Å²) < 4.78 is 0. The number of carboxylic acids is 1. The Morgan fingerprint density at radius 3 is 2.95 bits per heavy atom. The predicted octanol–water partition coefficient (Wildman–Crippen LogP) is 3.44. The molecule has 0 radical (unpaired) electrons. The van der Waals surface area contributed by atoms with Gasteiger partial charge in [-0.05, 0) is 29.9 Å². The lowest BCUT2D eigenvalue weighted by atomic mass is 9.93. The summed E-state index contributed by atoms with van der Waals surface area (Å²) in [5.41, 5.74) is 3.03. The minimum atomic E-state index is -0.871. The van der Waals surface area contributed by atoms with Gasteiger partial charge in [0.15, 0.2) is 0 Å². The number of fused-ring (bicyclic) bond motifs is 5. The zero-order valence-corrected chi connectivity index (χ0v) is 11.4. The molecule has 1 aliphatic rings. The summed E-state index contributed by atoms with van der Waals surface area (Å²) in [4.78, 5) is 16.2. The van der Waals surface area contributed by atoms with Gasteiger partial charge in [-0.2, -0.15) is 0 Å². The van der Waals surface area contributed by atoms with Gasteiger partial charge in [0, 0.05) is 23.5 Å². The fourth-order valence-electron chi connectivity index (χ4n) is 3.16. The summed E-state index contributed by atoms with van der Waals surface area (Å²) >= 11 is 0. The van der Waals surface area contributed by atoms with Crippen molar-refractivity contribution < 1.29 is 9.90 Å². The highest BCUT2D eigenvalue weighted by Gasteiger charge is 2.21. The van der Waals surface area contributed by atoms with Gasteiger partial charge in [0.2, 0.25) is 0 Å². The van der Waals surface area contributed by atoms with Gasteiger partial charge >= 0.3 is 5.97 Å². The number of benzene rings is 2. The lowest BCUT2D eigenvalue weighted by molar-refractivity contribution is 0.0696. The van der Waals surface area contributed by atoms with Crippen LogP contribution in [0.25, 0.3) is 21.7 Å². The fourth-order valence-corrected chi connectivity index (χ4v) is 3.16. The third-order valence-electron chi connectivity index (χ3n) is 4.13. The highest BCUT2D eigenvalue weighted by atomic mass is 16.4. The molecule has 0 amide bonds. The van der Waals surface area contributed by atoms with Gasteiger partial charge in [0.05, 0.1) is 16.8 Å². The molecular formula is C17H14N2O2. The van der Waals surface area contributed by atoms with Crippen LogP contribution >= 0.6 is 0 Å². The van der Waals surface area contributed by atoms with Gasteiger partial charge in [0.25, 0.3) is 0 Å². The summed E-state index contributed by atoms with van der Waals surface area (Å²) in [6.45, 7) is 0.861. The predicted molar refractivity (Wildman–Crippen MR) is 83.0 cm³/mol. The second kappa shape index (κ2) is 4.45. The molecule has 0 atom stereocenters. The van der Waals surface area contributed by atoms with Crippen LogP contribution in [0.15, 0.2) is 36.5 Å². The van der Waals surface area contributed by atoms with Crippen molar-refractivity contribution in [2.75, 3.05) is 11.9 Å². The van der Waals surface area contributed by atoms with Crippen molar-refractivity contribution in [3.05, 3.63) is 47.7 Å². The van der Waals surface area contributed by atoms with Crippen molar-refractivity contribution in [3.8, 4) is 0 Å². The lowest BCUT2D eigenvalue weighted by Gasteiger charge is -2.22. The van der Waals surface area contributed by atoms with Gasteiger partial charge in [-0.1, -0.05) is 24.3 Å². The van der Waals surface area contributed by atoms with E-state index in [-0.39, 0.29) is 0 Å². The number of nitrogens with one attached hydrogen (secondary N) is 1. The van der Waals surface area contributed by atoms with Crippen LogP contribution in [0, 0.1) is 0 Å². The summed E-state index contributed by atoms with van der Waals surface area (Å²) in [6, 6.07) is 9.72. The number of anilines is 1. The Kier molecular flexibility index (Phi) is 2.57. The van der Waals surface area contributed by atoms with E-state index in [0.717, 1.165) is 52.3 Å². The van der Waals surface area contributed by atoms with E-state index in [0.29, 0.717) is 5.56 Å². The first-order chi connectivity index (χ1) is 10.3. The Balaban J connectivity index is 2.19. The van der Waals surface area contributed by atoms with Gasteiger partial charge < -0.3 is 10.4 Å². The summed E-state index contributed by atoms with van der Waals surface area (Å²) in [5, 5.41) is 15.8. The number of hydrogen-bond acceptors (Lipinski definition) is 3. The molecule has 21 heavy (non-hydrogen) atoms. The first kappa shape index (κ1) is 12.1. The molecule has 0 spiro atoms. The molecule has 104 valence electrons. The van der Waals surface area contributed by atoms with Crippen LogP contribution in [0.2, 0.25) is 0 Å². The molecule has 2 heterocycles. The molecule has 0 bridgehead atoms. The van der Waals surface area contributed by atoms with E-state index in [9.17, 15) is 9.90 Å². The van der Waals surface area contributed by atoms with E-state index < -0.39 is 5.97 Å². The maximum Gasteiger partial charge on any atom is 0.336 e. The van der Waals surface area contributed by atoms with Crippen LogP contribution in [0.4, 0.5) is 5.69 Å². The van der Waals surface area contributed by atoms with Gasteiger partial charge in [-0.25, -0.2) is 4.79 Å². The van der Waals surface area contributed by atoms with Crippen molar-refractivity contribution in [2.24, 2.45) is 0 Å². The maximum absolute atomic E-state index is 11.6. The number of aromatic nitrogens is 1. The minimum Gasteiger partial charge on any atom is -0.478 e. The van der Waals surface area contributed by atoms with E-state index in [2.05, 4.69) is 10.3 Å². The van der Waals surface area contributed by atoms with Crippen LogP contribution in [0.5, 0.6) is 0 Å². The van der Waals surface area contributed by atoms with Crippen LogP contribution in [-0.4, -0.2) is 22.6 Å². The molecule has 4 nitrogen and oxygen atoms in total. The van der Waals surface area contributed by atoms with E-state index in [1.807, 2.05) is 30.5 Å². The normalized spacial score (nSPS) is 13.9. The Morgan fingerprint density at radius 2 is 2.10 bits per heavy atom. The molecule has 2 aromatic carbocycles. The fraction of sp³-hybridized carbons (Fsp3) is 0.176. The standard InChI is InChI=1S/C17H14N2O2/c20-17(21)14-8-13-11-5-2-1-4-10(11)9-19-16(13)15-12(14)6-3-7-18-15/h1-2,4-5,8-9,18H,3,6-7H2,(H,20,21). The van der Waals surface area contributed by atoms with Crippen LogP contribution in [-0.2, 0) is 6.42 Å². The molecule has 2 N–H and O–H groups in total. The number of carbonyl (C=O) groups is 1. The number of aromatic carboxylic acids is 1. The molecule has 0 aliphatic carbocycles. The molecule has 4 rings (SSSR count). The maximum atomic E-state index is 11.6. The Bertz CT molecular complexity index is 887. The minimum absolute atomic E-state index is 0.392. The van der Waals surface area contributed by atoms with Gasteiger partial charge in [-0.3, -0.25) is 4.98 Å². The van der Waals surface area contributed by atoms with E-state index >= 15 is 0 Å². The zero-order chi connectivity index (χ0) is 14.4. The Hall–Kier alpha value is -2.62. The first-order valence-corrected chi connectivity index (χ1v) is 7.06. The first-order valence-electron chi connectivity index (χ1n) is 7.06. The lowest BCUT2D eigenvalue weighted by Crippen LogP contribution is -2.16. The van der Waals surface area contributed by atoms with Gasteiger partial charge in [-0.15, -0.1) is 0 Å². The average molecular weight is 278 g/mol. The topological polar surface area (TPSA) is 62.2 Å². The summed E-state index contributed by atoms with van der Waals surface area (Å²) in [6.07, 6.45) is 3.59. The molecule has 4 heteroatoms. The summed E-state index contributed by atoms with van der Waals surface area (Å²) in [5.74, 6) is -0.871.